The van der Waals surface area contributed by atoms with E-state index in [-0.39, 0.29) is 33.7 Å². The van der Waals surface area contributed by atoms with Gasteiger partial charge in [-0.1, -0.05) is 11.8 Å². The van der Waals surface area contributed by atoms with Gasteiger partial charge in [-0.25, -0.2) is 26.7 Å². The normalized spacial score (nSPS) is 15.4. The minimum absolute atomic E-state index is 0.00841. The number of nitrogens with one attached hydrogen (secondary N) is 1. The number of hydrogen-bond acceptors (Lipinski definition) is 7. The summed E-state index contributed by atoms with van der Waals surface area (Å²) in [6, 6.07) is 10.3. The van der Waals surface area contributed by atoms with Crippen LogP contribution in [0.5, 0.6) is 0 Å². The highest BCUT2D eigenvalue weighted by Crippen LogP contribution is 2.30. The van der Waals surface area contributed by atoms with Gasteiger partial charge in [-0.3, -0.25) is 14.5 Å². The van der Waals surface area contributed by atoms with Crippen molar-refractivity contribution in [2.75, 3.05) is 17.6 Å². The first kappa shape index (κ1) is 28.7. The molecular formula is C27H18F5N5O4S. The Morgan fingerprint density at radius 2 is 1.76 bits per heavy atom. The van der Waals surface area contributed by atoms with E-state index in [0.29, 0.717) is 6.07 Å². The van der Waals surface area contributed by atoms with Gasteiger partial charge in [-0.2, -0.15) is 13.2 Å². The van der Waals surface area contributed by atoms with Crippen LogP contribution in [-0.2, 0) is 20.9 Å². The molecule has 0 aliphatic carbocycles. The molecule has 0 fully saturated rings. The molecule has 5 rings (SSSR count). The van der Waals surface area contributed by atoms with Gasteiger partial charge in [-0.15, -0.1) is 0 Å². The Labute approximate surface area is 234 Å². The molecule has 3 N–H and O–H groups in total. The maximum absolute atomic E-state index is 14.2. The standard InChI is InChI=1S/C27H18F5N5O4S/c1-41-24-23(42(39,40)36-22-9-5-17(28)12-20(22)29)11-15(13-34-24)14-2-8-21-19(10-14)25(38)37(26(33)35-21)18-6-3-16(4-7-18)27(30,31)32/h2-10,12-13,24,36H,1H3,(H2,33,35). The summed E-state index contributed by atoms with van der Waals surface area (Å²) in [4.78, 5) is 21.1. The third-order valence-corrected chi connectivity index (χ3v) is 7.54. The fourth-order valence-corrected chi connectivity index (χ4v) is 5.37. The predicted octanol–water partition coefficient (Wildman–Crippen LogP) is 4.63. The maximum atomic E-state index is 14.2. The molecule has 1 unspecified atom stereocenters. The van der Waals surface area contributed by atoms with Crippen LogP contribution < -0.4 is 16.0 Å². The van der Waals surface area contributed by atoms with E-state index in [4.69, 9.17) is 10.5 Å². The van der Waals surface area contributed by atoms with Crippen molar-refractivity contribution in [3.63, 3.8) is 0 Å². The summed E-state index contributed by atoms with van der Waals surface area (Å²) >= 11 is 0. The average Bonchev–Trinajstić information content (AvgIpc) is 2.94. The molecular weight excluding hydrogens is 585 g/mol. The van der Waals surface area contributed by atoms with E-state index in [1.165, 1.54) is 31.5 Å². The molecule has 1 aliphatic heterocycles. The Morgan fingerprint density at radius 1 is 1.05 bits per heavy atom. The molecule has 9 nitrogen and oxygen atoms in total. The molecule has 0 saturated heterocycles. The van der Waals surface area contributed by atoms with Crippen molar-refractivity contribution in [2.24, 2.45) is 4.99 Å². The van der Waals surface area contributed by atoms with Crippen LogP contribution in [-0.4, -0.2) is 37.5 Å². The van der Waals surface area contributed by atoms with Gasteiger partial charge in [0.05, 0.1) is 27.8 Å². The number of fused-ring (bicyclic) bond motifs is 1. The van der Waals surface area contributed by atoms with Crippen LogP contribution in [0.3, 0.4) is 0 Å². The van der Waals surface area contributed by atoms with Crippen LogP contribution >= 0.6 is 0 Å². The van der Waals surface area contributed by atoms with E-state index in [9.17, 15) is 35.2 Å². The molecule has 3 aromatic carbocycles. The van der Waals surface area contributed by atoms with E-state index >= 15 is 0 Å². The number of methoxy groups -OCH3 is 1. The van der Waals surface area contributed by atoms with Gasteiger partial charge in [0, 0.05) is 25.0 Å². The zero-order chi connectivity index (χ0) is 30.4. The number of ether oxygens (including phenoxy) is 1. The fourth-order valence-electron chi connectivity index (χ4n) is 4.14. The second-order valence-corrected chi connectivity index (χ2v) is 10.5. The molecule has 1 atom stereocenters. The first-order valence-electron chi connectivity index (χ1n) is 11.8. The Morgan fingerprint density at radius 3 is 2.40 bits per heavy atom. The van der Waals surface area contributed by atoms with Crippen LogP contribution in [0, 0.1) is 11.6 Å². The molecule has 0 spiro atoms. The van der Waals surface area contributed by atoms with Gasteiger partial charge >= 0.3 is 6.18 Å². The van der Waals surface area contributed by atoms with E-state index in [2.05, 4.69) is 15.7 Å². The quantitative estimate of drug-likeness (QED) is 0.244. The van der Waals surface area contributed by atoms with Crippen LogP contribution in [0.2, 0.25) is 0 Å². The number of nitrogens with zero attached hydrogens (tertiary/aromatic N) is 3. The van der Waals surface area contributed by atoms with Crippen molar-refractivity contribution in [3.8, 4) is 5.69 Å². The molecule has 0 radical (unpaired) electrons. The summed E-state index contributed by atoms with van der Waals surface area (Å²) in [5, 5.41) is 0.00841. The second kappa shape index (κ2) is 10.5. The summed E-state index contributed by atoms with van der Waals surface area (Å²) < 4.78 is 101. The van der Waals surface area contributed by atoms with Crippen LogP contribution in [0.4, 0.5) is 33.6 Å². The molecule has 4 aromatic rings. The monoisotopic (exact) mass is 603 g/mol. The van der Waals surface area contributed by atoms with Gasteiger partial charge in [0.2, 0.25) is 5.95 Å². The molecule has 0 amide bonds. The molecule has 1 aromatic heterocycles. The van der Waals surface area contributed by atoms with E-state index in [1.54, 1.807) is 0 Å². The largest absolute Gasteiger partial charge is 0.416 e. The van der Waals surface area contributed by atoms with Crippen molar-refractivity contribution in [3.05, 3.63) is 104 Å². The topological polar surface area (TPSA) is 129 Å². The van der Waals surface area contributed by atoms with Crippen molar-refractivity contribution >= 4 is 44.3 Å². The summed E-state index contributed by atoms with van der Waals surface area (Å²) in [6.07, 6.45) is -4.68. The van der Waals surface area contributed by atoms with Crippen molar-refractivity contribution in [2.45, 2.75) is 12.4 Å². The molecule has 1 aliphatic rings. The lowest BCUT2D eigenvalue weighted by molar-refractivity contribution is -0.137. The Kier molecular flexibility index (Phi) is 7.18. The lowest BCUT2D eigenvalue weighted by Gasteiger charge is -2.18. The number of nitrogens with two attached hydrogens (primary N) is 1. The Balaban J connectivity index is 1.61. The number of benzene rings is 3. The second-order valence-electron chi connectivity index (χ2n) is 8.89. The van der Waals surface area contributed by atoms with Gasteiger partial charge in [-0.05, 0) is 54.1 Å². The molecule has 0 bridgehead atoms. The fraction of sp³-hybridized carbons (Fsp3) is 0.111. The highest BCUT2D eigenvalue weighted by atomic mass is 32.2. The summed E-state index contributed by atoms with van der Waals surface area (Å²) in [5.41, 5.74) is 7.07. The summed E-state index contributed by atoms with van der Waals surface area (Å²) in [6.45, 7) is 0. The zero-order valence-electron chi connectivity index (χ0n) is 21.3. The van der Waals surface area contributed by atoms with Crippen LogP contribution in [0.25, 0.3) is 22.2 Å². The number of rotatable bonds is 6. The minimum Gasteiger partial charge on any atom is -0.369 e. The lowest BCUT2D eigenvalue weighted by atomic mass is 10.0. The van der Waals surface area contributed by atoms with Crippen molar-refractivity contribution in [1.29, 1.82) is 0 Å². The number of sulfonamides is 1. The van der Waals surface area contributed by atoms with Gasteiger partial charge in [0.15, 0.2) is 11.1 Å². The van der Waals surface area contributed by atoms with E-state index < -0.39 is 55.8 Å². The molecule has 0 saturated carbocycles. The number of nitrogen functional groups attached to an aromatic ring is 1. The zero-order valence-corrected chi connectivity index (χ0v) is 22.1. The number of alkyl halides is 3. The first-order chi connectivity index (χ1) is 19.8. The van der Waals surface area contributed by atoms with Crippen molar-refractivity contribution in [1.82, 2.24) is 9.55 Å². The number of aliphatic imine (C=N–C) groups is 1. The number of aromatic nitrogens is 2. The minimum atomic E-state index is -4.58. The molecule has 15 heteroatoms. The highest BCUT2D eigenvalue weighted by Gasteiger charge is 2.31. The van der Waals surface area contributed by atoms with Gasteiger partial charge in [0.1, 0.15) is 11.6 Å². The maximum Gasteiger partial charge on any atom is 0.416 e. The third kappa shape index (κ3) is 5.40. The predicted molar refractivity (Wildman–Crippen MR) is 145 cm³/mol. The van der Waals surface area contributed by atoms with Crippen molar-refractivity contribution < 1.29 is 35.1 Å². The van der Waals surface area contributed by atoms with Gasteiger partial charge in [0.25, 0.3) is 15.6 Å². The molecule has 2 heterocycles. The Hall–Kier alpha value is -4.85. The van der Waals surface area contributed by atoms with Crippen LogP contribution in [0.15, 0.2) is 81.1 Å². The SMILES string of the molecule is COC1N=CC(c2ccc3nc(N)n(-c4ccc(C(F)(F)F)cc4)c(=O)c3c2)=C=C1S(=O)(=O)Nc1ccc(F)cc1F. The average molecular weight is 604 g/mol. The smallest absolute Gasteiger partial charge is 0.369 e. The highest BCUT2D eigenvalue weighted by molar-refractivity contribution is 7.96. The Bertz CT molecular complexity index is 2000. The van der Waals surface area contributed by atoms with Gasteiger partial charge < -0.3 is 10.5 Å². The number of halogens is 5. The molecule has 42 heavy (non-hydrogen) atoms. The lowest BCUT2D eigenvalue weighted by Crippen LogP contribution is -2.26. The third-order valence-electron chi connectivity index (χ3n) is 6.17. The first-order valence-corrected chi connectivity index (χ1v) is 13.3. The molecule has 216 valence electrons. The number of hydrogen-bond donors (Lipinski definition) is 2. The van der Waals surface area contributed by atoms with E-state index in [1.807, 2.05) is 4.72 Å². The van der Waals surface area contributed by atoms with E-state index in [0.717, 1.165) is 41.0 Å². The summed E-state index contributed by atoms with van der Waals surface area (Å²) in [7, 11) is -3.34. The summed E-state index contributed by atoms with van der Waals surface area (Å²) in [5.74, 6) is -2.32. The van der Waals surface area contributed by atoms with Crippen LogP contribution in [0.1, 0.15) is 11.1 Å². The number of anilines is 2.